The summed E-state index contributed by atoms with van der Waals surface area (Å²) < 4.78 is 19.6. The van der Waals surface area contributed by atoms with Gasteiger partial charge in [0.1, 0.15) is 11.6 Å². The van der Waals surface area contributed by atoms with Crippen LogP contribution in [0.5, 0.6) is 0 Å². The molecular formula is C22H22FN7O4S. The van der Waals surface area contributed by atoms with Gasteiger partial charge in [0, 0.05) is 31.6 Å². The average Bonchev–Trinajstić information content (AvgIpc) is 3.50. The van der Waals surface area contributed by atoms with Gasteiger partial charge in [0.2, 0.25) is 5.91 Å². The Hall–Kier alpha value is -3.87. The molecule has 0 bridgehead atoms. The fourth-order valence-corrected chi connectivity index (χ4v) is 5.28. The van der Waals surface area contributed by atoms with Crippen molar-refractivity contribution in [1.82, 2.24) is 29.1 Å². The number of carbonyl (C=O) groups is 3. The van der Waals surface area contributed by atoms with Crippen molar-refractivity contribution in [2.75, 3.05) is 18.0 Å². The second-order valence-electron chi connectivity index (χ2n) is 8.48. The third-order valence-electron chi connectivity index (χ3n) is 6.19. The maximum atomic E-state index is 13.4. The number of hydrogen-bond acceptors (Lipinski definition) is 7. The molecule has 1 aromatic carbocycles. The molecule has 3 aromatic rings. The van der Waals surface area contributed by atoms with Crippen LogP contribution in [-0.2, 0) is 11.3 Å². The molecule has 11 nitrogen and oxygen atoms in total. The Labute approximate surface area is 203 Å². The number of aromatic nitrogens is 4. The summed E-state index contributed by atoms with van der Waals surface area (Å²) in [6, 6.07) is 4.33. The van der Waals surface area contributed by atoms with Crippen LogP contribution in [-0.4, -0.2) is 66.0 Å². The first-order valence-corrected chi connectivity index (χ1v) is 11.8. The molecule has 0 unspecified atom stereocenters. The number of aryl methyl sites for hydroxylation is 1. The molecule has 2 aromatic heterocycles. The maximum absolute atomic E-state index is 13.4. The van der Waals surface area contributed by atoms with Crippen LogP contribution in [0.4, 0.5) is 15.0 Å². The molecule has 4 heterocycles. The van der Waals surface area contributed by atoms with Crippen molar-refractivity contribution in [1.29, 1.82) is 0 Å². The average molecular weight is 500 g/mol. The van der Waals surface area contributed by atoms with Gasteiger partial charge in [-0.15, -0.1) is 0 Å². The van der Waals surface area contributed by atoms with Crippen molar-refractivity contribution in [3.63, 3.8) is 0 Å². The van der Waals surface area contributed by atoms with Crippen LogP contribution >= 0.6 is 11.5 Å². The number of amides is 3. The number of halogens is 1. The van der Waals surface area contributed by atoms with Gasteiger partial charge in [-0.25, -0.2) is 19.2 Å². The Morgan fingerprint density at radius 2 is 1.94 bits per heavy atom. The Balaban J connectivity index is 1.55. The van der Waals surface area contributed by atoms with Crippen molar-refractivity contribution in [2.24, 2.45) is 0 Å². The molecule has 182 valence electrons. The second kappa shape index (κ2) is 8.73. The third-order valence-corrected chi connectivity index (χ3v) is 7.00. The van der Waals surface area contributed by atoms with E-state index in [1.54, 1.807) is 11.8 Å². The van der Waals surface area contributed by atoms with E-state index in [0.29, 0.717) is 46.8 Å². The Morgan fingerprint density at radius 3 is 2.60 bits per heavy atom. The molecule has 0 spiro atoms. The number of benzene rings is 1. The van der Waals surface area contributed by atoms with Crippen LogP contribution in [0.25, 0.3) is 10.8 Å². The highest BCUT2D eigenvalue weighted by Gasteiger charge is 2.40. The molecule has 0 radical (unpaired) electrons. The van der Waals surface area contributed by atoms with Crippen molar-refractivity contribution in [2.45, 2.75) is 38.9 Å². The normalized spacial score (nSPS) is 19.7. The summed E-state index contributed by atoms with van der Waals surface area (Å²) in [5.74, 6) is 0.563. The first kappa shape index (κ1) is 22.9. The number of carbonyl (C=O) groups excluding carboxylic acids is 2. The largest absolute Gasteiger partial charge is 0.465 e. The van der Waals surface area contributed by atoms with Crippen LogP contribution < -0.4 is 10.2 Å². The molecular weight excluding hydrogens is 477 g/mol. The molecule has 2 N–H and O–H groups in total. The van der Waals surface area contributed by atoms with Gasteiger partial charge in [0.25, 0.3) is 5.91 Å². The van der Waals surface area contributed by atoms with Crippen molar-refractivity contribution < 1.29 is 23.9 Å². The molecule has 0 saturated carbocycles. The molecule has 0 aliphatic carbocycles. The predicted molar refractivity (Wildman–Crippen MR) is 124 cm³/mol. The van der Waals surface area contributed by atoms with Gasteiger partial charge in [-0.05, 0) is 49.6 Å². The molecule has 1 saturated heterocycles. The summed E-state index contributed by atoms with van der Waals surface area (Å²) in [5.41, 5.74) is 1.01. The van der Waals surface area contributed by atoms with E-state index in [1.807, 2.05) is 11.5 Å². The first-order chi connectivity index (χ1) is 16.7. The minimum absolute atomic E-state index is 0.0124. The molecule has 35 heavy (non-hydrogen) atoms. The third kappa shape index (κ3) is 4.11. The summed E-state index contributed by atoms with van der Waals surface area (Å²) in [6.07, 6.45) is -1.19. The molecule has 3 amide bonds. The summed E-state index contributed by atoms with van der Waals surface area (Å²) in [4.78, 5) is 49.6. The van der Waals surface area contributed by atoms with Gasteiger partial charge in [-0.1, -0.05) is 0 Å². The van der Waals surface area contributed by atoms with E-state index in [-0.39, 0.29) is 24.8 Å². The topological polar surface area (TPSA) is 134 Å². The highest BCUT2D eigenvalue weighted by Crippen LogP contribution is 2.39. The van der Waals surface area contributed by atoms with E-state index in [2.05, 4.69) is 14.7 Å². The molecule has 13 heteroatoms. The zero-order chi connectivity index (χ0) is 24.9. The number of imidazole rings is 1. The minimum atomic E-state index is -1.20. The quantitative estimate of drug-likeness (QED) is 0.563. The van der Waals surface area contributed by atoms with Crippen LogP contribution in [0.15, 0.2) is 24.3 Å². The summed E-state index contributed by atoms with van der Waals surface area (Å²) in [5, 5.41) is 12.0. The maximum Gasteiger partial charge on any atom is 0.404 e. The monoisotopic (exact) mass is 499 g/mol. The number of hydrogen-bond donors (Lipinski definition) is 2. The zero-order valence-electron chi connectivity index (χ0n) is 18.9. The van der Waals surface area contributed by atoms with E-state index in [9.17, 15) is 18.8 Å². The lowest BCUT2D eigenvalue weighted by Gasteiger charge is -2.36. The van der Waals surface area contributed by atoms with E-state index < -0.39 is 24.0 Å². The standard InChI is InChI=1S/C22H22FN7O4S/c1-11-17-18(30-10-15(9-16(30)31)25-22(33)34)26-19(20-24-12(2)27-35-20)29(17)8-7-28(11)21(32)13-3-5-14(23)6-4-13/h3-6,11,15,25H,7-10H2,1-2H3,(H,33,34)/t11-,15-/m1/s1. The smallest absolute Gasteiger partial charge is 0.404 e. The van der Waals surface area contributed by atoms with Gasteiger partial charge >= 0.3 is 6.09 Å². The van der Waals surface area contributed by atoms with Gasteiger partial charge in [0.15, 0.2) is 16.6 Å². The van der Waals surface area contributed by atoms with Gasteiger partial charge in [-0.3, -0.25) is 14.5 Å². The number of carboxylic acid groups (broad SMARTS) is 1. The first-order valence-electron chi connectivity index (χ1n) is 11.0. The summed E-state index contributed by atoms with van der Waals surface area (Å²) in [7, 11) is 0. The van der Waals surface area contributed by atoms with Gasteiger partial charge < -0.3 is 19.9 Å². The molecule has 2 atom stereocenters. The zero-order valence-corrected chi connectivity index (χ0v) is 19.8. The number of fused-ring (bicyclic) bond motifs is 1. The SMILES string of the molecule is Cc1nsc(-c2nc(N3C[C@H](NC(=O)O)CC3=O)c3n2CCN(C(=O)c2ccc(F)cc2)[C@@H]3C)n1. The Morgan fingerprint density at radius 1 is 1.20 bits per heavy atom. The molecule has 1 fully saturated rings. The Bertz CT molecular complexity index is 1320. The number of nitrogens with one attached hydrogen (secondary N) is 1. The lowest BCUT2D eigenvalue weighted by molar-refractivity contribution is -0.117. The lowest BCUT2D eigenvalue weighted by atomic mass is 10.1. The molecule has 2 aliphatic rings. The summed E-state index contributed by atoms with van der Waals surface area (Å²) >= 11 is 1.19. The van der Waals surface area contributed by atoms with E-state index in [0.717, 1.165) is 0 Å². The fraction of sp³-hybridized carbons (Fsp3) is 0.364. The summed E-state index contributed by atoms with van der Waals surface area (Å²) in [6.45, 7) is 4.54. The van der Waals surface area contributed by atoms with Crippen LogP contribution in [0.3, 0.4) is 0 Å². The van der Waals surface area contributed by atoms with Crippen molar-refractivity contribution in [3.8, 4) is 10.8 Å². The molecule has 2 aliphatic heterocycles. The van der Waals surface area contributed by atoms with Crippen LogP contribution in [0, 0.1) is 12.7 Å². The van der Waals surface area contributed by atoms with E-state index >= 15 is 0 Å². The number of anilines is 1. The van der Waals surface area contributed by atoms with Gasteiger partial charge in [0.05, 0.1) is 17.8 Å². The highest BCUT2D eigenvalue weighted by atomic mass is 32.1. The lowest BCUT2D eigenvalue weighted by Crippen LogP contribution is -2.42. The van der Waals surface area contributed by atoms with Crippen LogP contribution in [0.2, 0.25) is 0 Å². The predicted octanol–water partition coefficient (Wildman–Crippen LogP) is 2.44. The van der Waals surface area contributed by atoms with Gasteiger partial charge in [-0.2, -0.15) is 4.37 Å². The fourth-order valence-electron chi connectivity index (χ4n) is 4.61. The van der Waals surface area contributed by atoms with Crippen molar-refractivity contribution in [3.05, 3.63) is 47.2 Å². The van der Waals surface area contributed by atoms with Crippen LogP contribution in [0.1, 0.15) is 41.3 Å². The van der Waals surface area contributed by atoms with Crippen molar-refractivity contribution >= 4 is 35.3 Å². The Kier molecular flexibility index (Phi) is 5.71. The van der Waals surface area contributed by atoms with E-state index in [1.165, 1.54) is 40.7 Å². The van der Waals surface area contributed by atoms with E-state index in [4.69, 9.17) is 10.1 Å². The highest BCUT2D eigenvalue weighted by molar-refractivity contribution is 7.09. The second-order valence-corrected chi connectivity index (χ2v) is 9.23. The minimum Gasteiger partial charge on any atom is -0.465 e. The number of rotatable bonds is 4. The number of nitrogens with zero attached hydrogens (tertiary/aromatic N) is 6. The molecule has 5 rings (SSSR count).